The molecule has 3 aromatic rings. The first-order valence-electron chi connectivity index (χ1n) is 9.91. The first kappa shape index (κ1) is 19.0. The molecule has 2 heterocycles. The number of nitrogens with zero attached hydrogens (tertiary/aromatic N) is 1. The van der Waals surface area contributed by atoms with Gasteiger partial charge in [-0.2, -0.15) is 0 Å². The van der Waals surface area contributed by atoms with Crippen LogP contribution in [0.5, 0.6) is 0 Å². The third kappa shape index (κ3) is 4.09. The molecule has 0 saturated carbocycles. The van der Waals surface area contributed by atoms with E-state index in [1.165, 1.54) is 0 Å². The summed E-state index contributed by atoms with van der Waals surface area (Å²) in [4.78, 5) is 26.2. The molecule has 0 saturated heterocycles. The van der Waals surface area contributed by atoms with Crippen LogP contribution in [-0.4, -0.2) is 23.3 Å². The van der Waals surface area contributed by atoms with E-state index in [4.69, 9.17) is 4.42 Å². The molecule has 0 unspecified atom stereocenters. The van der Waals surface area contributed by atoms with E-state index in [-0.39, 0.29) is 11.8 Å². The van der Waals surface area contributed by atoms with Crippen molar-refractivity contribution in [2.75, 3.05) is 11.9 Å². The molecule has 0 atom stereocenters. The van der Waals surface area contributed by atoms with Gasteiger partial charge in [0.25, 0.3) is 5.91 Å². The molecule has 1 aromatic heterocycles. The molecule has 0 spiro atoms. The topological polar surface area (TPSA) is 62.6 Å². The van der Waals surface area contributed by atoms with Crippen molar-refractivity contribution in [2.45, 2.75) is 33.2 Å². The van der Waals surface area contributed by atoms with Crippen LogP contribution in [0.3, 0.4) is 0 Å². The normalized spacial score (nSPS) is 13.1. The van der Waals surface area contributed by atoms with Crippen molar-refractivity contribution in [3.8, 4) is 11.3 Å². The van der Waals surface area contributed by atoms with Crippen LogP contribution in [0.2, 0.25) is 0 Å². The second kappa shape index (κ2) is 7.95. The molecule has 5 heteroatoms. The average Bonchev–Trinajstić information content (AvgIpc) is 3.17. The highest BCUT2D eigenvalue weighted by Crippen LogP contribution is 2.30. The largest absolute Gasteiger partial charge is 0.461 e. The van der Waals surface area contributed by atoms with E-state index in [1.807, 2.05) is 73.3 Å². The molecule has 148 valence electrons. The monoisotopic (exact) mass is 388 g/mol. The van der Waals surface area contributed by atoms with Gasteiger partial charge in [0, 0.05) is 48.3 Å². The van der Waals surface area contributed by atoms with Crippen LogP contribution in [0.1, 0.15) is 40.6 Å². The Balaban J connectivity index is 1.50. The SMILES string of the molecule is CCC(=O)Nc1ccc(-c2cc3c(o2)CCN(C(=O)c2cccc(C)c2)C3)cc1. The number of hydrogen-bond acceptors (Lipinski definition) is 3. The van der Waals surface area contributed by atoms with E-state index in [1.54, 1.807) is 0 Å². The van der Waals surface area contributed by atoms with Gasteiger partial charge in [-0.1, -0.05) is 24.6 Å². The molecule has 0 fully saturated rings. The van der Waals surface area contributed by atoms with Crippen LogP contribution in [-0.2, 0) is 17.8 Å². The molecule has 4 rings (SSSR count). The molecular formula is C24H24N2O3. The maximum atomic E-state index is 12.8. The van der Waals surface area contributed by atoms with E-state index in [9.17, 15) is 9.59 Å². The van der Waals surface area contributed by atoms with Crippen LogP contribution in [0, 0.1) is 6.92 Å². The number of carbonyl (C=O) groups is 2. The fraction of sp³-hybridized carbons (Fsp3) is 0.250. The molecule has 0 bridgehead atoms. The summed E-state index contributed by atoms with van der Waals surface area (Å²) >= 11 is 0. The summed E-state index contributed by atoms with van der Waals surface area (Å²) in [7, 11) is 0. The van der Waals surface area contributed by atoms with Gasteiger partial charge in [-0.3, -0.25) is 9.59 Å². The molecular weight excluding hydrogens is 364 g/mol. The second-order valence-electron chi connectivity index (χ2n) is 7.38. The molecule has 1 N–H and O–H groups in total. The minimum absolute atomic E-state index is 0.00965. The van der Waals surface area contributed by atoms with Gasteiger partial charge in [0.2, 0.25) is 5.91 Å². The summed E-state index contributed by atoms with van der Waals surface area (Å²) in [6.45, 7) is 5.02. The number of carbonyl (C=O) groups excluding carboxylic acids is 2. The zero-order valence-corrected chi connectivity index (χ0v) is 16.7. The van der Waals surface area contributed by atoms with E-state index < -0.39 is 0 Å². The van der Waals surface area contributed by atoms with Gasteiger partial charge < -0.3 is 14.6 Å². The van der Waals surface area contributed by atoms with Crippen LogP contribution < -0.4 is 5.32 Å². The maximum Gasteiger partial charge on any atom is 0.254 e. The van der Waals surface area contributed by atoms with Crippen molar-refractivity contribution in [1.82, 2.24) is 4.90 Å². The molecule has 1 aliphatic heterocycles. The number of hydrogen-bond donors (Lipinski definition) is 1. The third-order valence-corrected chi connectivity index (χ3v) is 5.19. The molecule has 0 radical (unpaired) electrons. The van der Waals surface area contributed by atoms with Crippen LogP contribution in [0.4, 0.5) is 5.69 Å². The molecule has 2 amide bonds. The zero-order chi connectivity index (χ0) is 20.4. The minimum atomic E-state index is -0.00965. The van der Waals surface area contributed by atoms with Crippen molar-refractivity contribution in [3.05, 3.63) is 77.0 Å². The lowest BCUT2D eigenvalue weighted by Gasteiger charge is -2.26. The number of rotatable bonds is 4. The average molecular weight is 388 g/mol. The number of anilines is 1. The Kier molecular flexibility index (Phi) is 5.21. The summed E-state index contributed by atoms with van der Waals surface area (Å²) in [5.41, 5.74) is 4.58. The van der Waals surface area contributed by atoms with E-state index in [2.05, 4.69) is 5.32 Å². The number of amides is 2. The lowest BCUT2D eigenvalue weighted by Crippen LogP contribution is -2.35. The fourth-order valence-corrected chi connectivity index (χ4v) is 3.58. The minimum Gasteiger partial charge on any atom is -0.461 e. The second-order valence-corrected chi connectivity index (χ2v) is 7.38. The quantitative estimate of drug-likeness (QED) is 0.698. The Morgan fingerprint density at radius 3 is 2.62 bits per heavy atom. The Labute approximate surface area is 170 Å². The standard InChI is InChI=1S/C24H24N2O3/c1-3-23(27)25-20-9-7-17(8-10-20)22-14-19-15-26(12-11-21(19)29-22)24(28)18-6-4-5-16(2)13-18/h4-10,13-14H,3,11-12,15H2,1-2H3,(H,25,27). The Morgan fingerprint density at radius 1 is 1.10 bits per heavy atom. The van der Waals surface area contributed by atoms with E-state index in [0.29, 0.717) is 25.9 Å². The summed E-state index contributed by atoms with van der Waals surface area (Å²) in [5.74, 6) is 1.77. The lowest BCUT2D eigenvalue weighted by atomic mass is 10.1. The predicted molar refractivity (Wildman–Crippen MR) is 113 cm³/mol. The van der Waals surface area contributed by atoms with E-state index in [0.717, 1.165) is 39.5 Å². The molecule has 1 aliphatic rings. The molecule has 5 nitrogen and oxygen atoms in total. The van der Waals surface area contributed by atoms with E-state index >= 15 is 0 Å². The zero-order valence-electron chi connectivity index (χ0n) is 16.7. The maximum absolute atomic E-state index is 12.8. The number of fused-ring (bicyclic) bond motifs is 1. The predicted octanol–water partition coefficient (Wildman–Crippen LogP) is 4.80. The molecule has 29 heavy (non-hydrogen) atoms. The van der Waals surface area contributed by atoms with Crippen molar-refractivity contribution in [1.29, 1.82) is 0 Å². The highest BCUT2D eigenvalue weighted by atomic mass is 16.3. The van der Waals surface area contributed by atoms with Gasteiger partial charge in [0.15, 0.2) is 0 Å². The Hall–Kier alpha value is -3.34. The van der Waals surface area contributed by atoms with Gasteiger partial charge in [0.05, 0.1) is 0 Å². The molecule has 2 aromatic carbocycles. The number of nitrogens with one attached hydrogen (secondary N) is 1. The fourth-order valence-electron chi connectivity index (χ4n) is 3.58. The first-order valence-corrected chi connectivity index (χ1v) is 9.91. The van der Waals surface area contributed by atoms with Gasteiger partial charge in [-0.25, -0.2) is 0 Å². The number of furan rings is 1. The van der Waals surface area contributed by atoms with Crippen LogP contribution >= 0.6 is 0 Å². The summed E-state index contributed by atoms with van der Waals surface area (Å²) in [6.07, 6.45) is 1.15. The van der Waals surface area contributed by atoms with Crippen molar-refractivity contribution in [3.63, 3.8) is 0 Å². The summed E-state index contributed by atoms with van der Waals surface area (Å²) in [6, 6.07) is 17.3. The van der Waals surface area contributed by atoms with Crippen molar-refractivity contribution in [2.24, 2.45) is 0 Å². The van der Waals surface area contributed by atoms with Gasteiger partial charge in [-0.15, -0.1) is 0 Å². The number of aryl methyl sites for hydroxylation is 1. The van der Waals surface area contributed by atoms with Gasteiger partial charge in [0.1, 0.15) is 11.5 Å². The van der Waals surface area contributed by atoms with Gasteiger partial charge in [-0.05, 0) is 49.4 Å². The highest BCUT2D eigenvalue weighted by molar-refractivity contribution is 5.94. The van der Waals surface area contributed by atoms with Crippen LogP contribution in [0.25, 0.3) is 11.3 Å². The molecule has 0 aliphatic carbocycles. The van der Waals surface area contributed by atoms with Crippen molar-refractivity contribution < 1.29 is 14.0 Å². The third-order valence-electron chi connectivity index (χ3n) is 5.19. The van der Waals surface area contributed by atoms with Gasteiger partial charge >= 0.3 is 0 Å². The van der Waals surface area contributed by atoms with Crippen LogP contribution in [0.15, 0.2) is 59.0 Å². The van der Waals surface area contributed by atoms with Crippen molar-refractivity contribution >= 4 is 17.5 Å². The highest BCUT2D eigenvalue weighted by Gasteiger charge is 2.25. The Bertz CT molecular complexity index is 1050. The lowest BCUT2D eigenvalue weighted by molar-refractivity contribution is -0.115. The summed E-state index contributed by atoms with van der Waals surface area (Å²) < 4.78 is 6.06. The Morgan fingerprint density at radius 2 is 1.90 bits per heavy atom. The first-order chi connectivity index (χ1) is 14.0. The summed E-state index contributed by atoms with van der Waals surface area (Å²) in [5, 5.41) is 2.84. The smallest absolute Gasteiger partial charge is 0.254 e. The number of benzene rings is 2.